The lowest BCUT2D eigenvalue weighted by molar-refractivity contribution is -0.146. The number of carbonyl (C=O) groups excluding carboxylic acids is 12. The fourth-order valence-electron chi connectivity index (χ4n) is 5.60. The summed E-state index contributed by atoms with van der Waals surface area (Å²) in [7, 11) is 0. The van der Waals surface area contributed by atoms with Gasteiger partial charge in [0.2, 0.25) is 38.7 Å². The van der Waals surface area contributed by atoms with Crippen LogP contribution in [0.15, 0.2) is 109 Å². The maximum atomic E-state index is 11.0. The van der Waals surface area contributed by atoms with Crippen molar-refractivity contribution in [2.24, 2.45) is 57.3 Å². The molecule has 2 amide bonds. The molecule has 10 unspecified atom stereocenters. The fraction of sp³-hybridized carbons (Fsp3) is 0.494. The zero-order valence-electron chi connectivity index (χ0n) is 73.7. The maximum absolute atomic E-state index is 11.0. The highest BCUT2D eigenvalue weighted by molar-refractivity contribution is 8.14. The van der Waals surface area contributed by atoms with Crippen LogP contribution in [0.5, 0.6) is 0 Å². The number of carbonyl (C=O) groups is 22. The van der Waals surface area contributed by atoms with E-state index >= 15 is 0 Å². The molecule has 0 rings (SSSR count). The van der Waals surface area contributed by atoms with Gasteiger partial charge in [0.1, 0.15) is 67.0 Å². The third-order valence-corrected chi connectivity index (χ3v) is 16.9. The van der Waals surface area contributed by atoms with Crippen molar-refractivity contribution < 1.29 is 171 Å². The molecular weight excluding hydrogens is 1770 g/mol. The summed E-state index contributed by atoms with van der Waals surface area (Å²) in [5, 5.41) is 88.2. The molecule has 0 saturated carbocycles. The number of nitrogens with one attached hydrogen (secondary N) is 2. The minimum absolute atomic E-state index is 0.000833. The highest BCUT2D eigenvalue weighted by Crippen LogP contribution is 2.14. The average molecular weight is 1900 g/mol. The number of hydrogen-bond donors (Lipinski definition) is 22. The molecule has 0 radical (unpaired) electrons. The Hall–Kier alpha value is -12.0. The summed E-state index contributed by atoms with van der Waals surface area (Å²) in [5.41, 5.74) is 55.1. The fourth-order valence-corrected chi connectivity index (χ4v) is 7.87. The average Bonchev–Trinajstić information content (AvgIpc) is 0.922. The third kappa shape index (κ3) is 90.6. The van der Waals surface area contributed by atoms with E-state index in [1.165, 1.54) is 20.8 Å². The van der Waals surface area contributed by atoms with Gasteiger partial charge in [0.15, 0.2) is 5.78 Å². The quantitative estimate of drug-likeness (QED) is 0.00903. The van der Waals surface area contributed by atoms with E-state index < -0.39 is 155 Å². The number of amides is 2. The van der Waals surface area contributed by atoms with Gasteiger partial charge >= 0.3 is 77.6 Å². The number of ketones is 4. The van der Waals surface area contributed by atoms with Crippen LogP contribution in [0.2, 0.25) is 0 Å². The predicted octanol–water partition coefficient (Wildman–Crippen LogP) is -0.603. The van der Waals surface area contributed by atoms with Crippen molar-refractivity contribution in [2.45, 2.75) is 200 Å². The van der Waals surface area contributed by atoms with Gasteiger partial charge in [-0.1, -0.05) is 94.5 Å². The first-order valence-electron chi connectivity index (χ1n) is 37.3. The molecule has 0 heterocycles. The van der Waals surface area contributed by atoms with Gasteiger partial charge < -0.3 is 133 Å². The molecular formula is C79H128N12O35S3. The number of carboxylic acids is 10. The van der Waals surface area contributed by atoms with Crippen molar-refractivity contribution in [1.82, 2.24) is 10.6 Å². The lowest BCUT2D eigenvalue weighted by atomic mass is 10.1. The first-order valence-corrected chi connectivity index (χ1v) is 40.3. The maximum Gasteiger partial charge on any atom is 0.333 e. The van der Waals surface area contributed by atoms with Crippen LogP contribution in [-0.4, -0.2) is 290 Å². The van der Waals surface area contributed by atoms with Gasteiger partial charge in [-0.05, 0) is 136 Å². The molecule has 0 aliphatic heterocycles. The van der Waals surface area contributed by atoms with Crippen molar-refractivity contribution >= 4 is 163 Å². The Morgan fingerprint density at radius 1 is 0.287 bits per heavy atom. The first kappa shape index (κ1) is 138. The first-order chi connectivity index (χ1) is 58.9. The molecule has 47 nitrogen and oxygen atoms in total. The molecule has 10 atom stereocenters. The summed E-state index contributed by atoms with van der Waals surface area (Å²) in [6.45, 7) is 45.8. The van der Waals surface area contributed by atoms with E-state index in [1.807, 2.05) is 0 Å². The van der Waals surface area contributed by atoms with E-state index in [1.54, 1.807) is 41.5 Å². The van der Waals surface area contributed by atoms with Gasteiger partial charge in [0.25, 0.3) is 5.78 Å². The number of allylic oxidation sites excluding steroid dienone is 1. The van der Waals surface area contributed by atoms with E-state index in [-0.39, 0.29) is 121 Å². The smallest absolute Gasteiger partial charge is 0.333 e. The van der Waals surface area contributed by atoms with Gasteiger partial charge in [-0.25, -0.2) is 14.4 Å². The summed E-state index contributed by atoms with van der Waals surface area (Å²) in [4.78, 5) is 232. The number of rotatable bonds is 50. The molecule has 0 spiro atoms. The summed E-state index contributed by atoms with van der Waals surface area (Å²) in [5.74, 6) is -15.2. The van der Waals surface area contributed by atoms with Crippen LogP contribution in [0.3, 0.4) is 0 Å². The van der Waals surface area contributed by atoms with Crippen molar-refractivity contribution in [3.63, 3.8) is 0 Å². The van der Waals surface area contributed by atoms with Gasteiger partial charge in [-0.3, -0.25) is 91.1 Å². The number of Topliss-reactive ketones (excluding diaryl/α,β-unsaturated/α-hetero) is 4. The van der Waals surface area contributed by atoms with Crippen LogP contribution < -0.4 is 68.0 Å². The Labute approximate surface area is 758 Å². The van der Waals surface area contributed by atoms with Crippen LogP contribution in [0.4, 0.5) is 0 Å². The molecule has 732 valence electrons. The number of thioether (sulfide) groups is 3. The number of hydrogen-bond acceptors (Lipinski definition) is 38. The van der Waals surface area contributed by atoms with Gasteiger partial charge in [0, 0.05) is 84.4 Å². The number of esters is 3. The second kappa shape index (κ2) is 80.6. The summed E-state index contributed by atoms with van der Waals surface area (Å²) >= 11 is 3.08. The topological polar surface area (TPSA) is 890 Å². The van der Waals surface area contributed by atoms with E-state index in [4.69, 9.17) is 113 Å². The summed E-state index contributed by atoms with van der Waals surface area (Å²) in [6, 6.07) is -9.87. The Balaban J connectivity index is -0.000000153. The van der Waals surface area contributed by atoms with Gasteiger partial charge in [0.05, 0.1) is 13.2 Å². The van der Waals surface area contributed by atoms with Crippen LogP contribution in [0.25, 0.3) is 0 Å². The van der Waals surface area contributed by atoms with Crippen LogP contribution in [0.1, 0.15) is 140 Å². The third-order valence-electron chi connectivity index (χ3n) is 13.6. The second-order valence-electron chi connectivity index (χ2n) is 26.6. The molecule has 50 heteroatoms. The molecule has 0 aromatic heterocycles. The number of nitrogens with two attached hydrogens (primary N) is 10. The highest BCUT2D eigenvalue weighted by Gasteiger charge is 2.23. The second-order valence-corrected chi connectivity index (χ2v) is 29.8. The van der Waals surface area contributed by atoms with Crippen molar-refractivity contribution in [3.8, 4) is 0 Å². The highest BCUT2D eigenvalue weighted by atomic mass is 32.2. The van der Waals surface area contributed by atoms with E-state index in [2.05, 4.69) is 79.3 Å². The molecule has 0 aliphatic rings. The minimum Gasteiger partial charge on any atom is -0.480 e. The summed E-state index contributed by atoms with van der Waals surface area (Å²) < 4.78 is 13.9. The zero-order valence-corrected chi connectivity index (χ0v) is 76.2. The SMILES string of the molecule is C=C(C)C(=O)CCC(N)C(=O)O.C=C(C)C(=O)NCC(N)C(=O)O.C=C(C)C(=O)NCCC(N)C(=O)O.C=C(C)C(=O)OCC(N)C(=O)O.C=C(C)C(=O)OCCC(N)C(=O)O.C=C(C)C(=O)OCCCC(N)C(=O)O.C=C(C)C(=O)SCC(N)C(=O)O.C=C(C)C(=O)SCCC(N)C(=O)O.C=C(C)C(=O)SCCCC(N)C(=O)O.CC(=O)C(=O)C(=O)CCC(N)C(=O)O. The molecule has 0 aromatic carbocycles. The Kier molecular flexibility index (Phi) is 85.9. The normalized spacial score (nSPS) is 12.0. The molecule has 0 aromatic rings. The van der Waals surface area contributed by atoms with E-state index in [0.717, 1.165) is 42.2 Å². The lowest BCUT2D eigenvalue weighted by Crippen LogP contribution is -2.42. The standard InChI is InChI=1S/C9H15NO4.C9H15NO3S.C8H14N2O3.C8H11NO5.C8H13NO4.C8H13NO3S.C8H13NO3.C7H12N2O3.C7H11NO4.C7H11NO3S/c2*1-6(2)9(13)14-5-3-4-7(10)8(11)12;1-5(2)7(11)10-4-3-6(9)8(12)13;1-4(10)7(12)6(11)3-2-5(9)8(13)14;2*1-5(2)8(12)13-4-3-6(9)7(10)11;1-5(2)7(10)4-3-6(9)8(11)12;1-4(2)6(10)9-3-5(8)7(11)12;2*1-4(2)7(11)12-3-5(8)6(9)10/h2*7H,1,3-5,10H2,2H3,(H,11,12);6H,1,3-4,9H2,2H3,(H,10,11)(H,12,13);5H,2-3,9H2,1H3,(H,13,14);2*6H,1,3-4,9H2,2H3,(H,10,11);6H,1,3-4,9H2,2H3,(H,11,12);5H,1,3,8H2,2H3,(H,9,10)(H,11,12);2*5H,1,3,8H2,2H3,(H,9,10). The lowest BCUT2D eigenvalue weighted by Gasteiger charge is -2.07. The van der Waals surface area contributed by atoms with Crippen LogP contribution in [0, 0.1) is 0 Å². The van der Waals surface area contributed by atoms with Crippen molar-refractivity contribution in [1.29, 1.82) is 0 Å². The predicted molar refractivity (Wildman–Crippen MR) is 477 cm³/mol. The molecule has 0 bridgehead atoms. The Morgan fingerprint density at radius 2 is 0.581 bits per heavy atom. The van der Waals surface area contributed by atoms with E-state index in [0.29, 0.717) is 82.6 Å². The molecule has 0 fully saturated rings. The molecule has 129 heavy (non-hydrogen) atoms. The largest absolute Gasteiger partial charge is 0.480 e. The van der Waals surface area contributed by atoms with Crippen LogP contribution in [-0.2, 0) is 120 Å². The van der Waals surface area contributed by atoms with Crippen molar-refractivity contribution in [2.75, 3.05) is 50.2 Å². The molecule has 0 aliphatic carbocycles. The van der Waals surface area contributed by atoms with Gasteiger partial charge in [-0.2, -0.15) is 0 Å². The number of ether oxygens (including phenoxy) is 3. The minimum atomic E-state index is -1.24. The molecule has 0 saturated heterocycles. The Bertz CT molecular complexity index is 3560. The summed E-state index contributed by atoms with van der Waals surface area (Å²) in [6.07, 6.45) is 2.22. The monoisotopic (exact) mass is 1900 g/mol. The van der Waals surface area contributed by atoms with E-state index in [9.17, 15) is 105 Å². The number of carboxylic acid groups (broad SMARTS) is 10. The van der Waals surface area contributed by atoms with Crippen molar-refractivity contribution in [3.05, 3.63) is 109 Å². The zero-order chi connectivity index (χ0) is 104. The Morgan fingerprint density at radius 3 is 0.915 bits per heavy atom. The van der Waals surface area contributed by atoms with Crippen LogP contribution >= 0.6 is 35.3 Å². The number of aliphatic carboxylic acids is 10. The van der Waals surface area contributed by atoms with Gasteiger partial charge in [-0.15, -0.1) is 0 Å². The molecule has 32 N–H and O–H groups in total.